The maximum absolute atomic E-state index is 14.0. The third-order valence-electron chi connectivity index (χ3n) is 4.17. The summed E-state index contributed by atoms with van der Waals surface area (Å²) >= 11 is 3.02. The minimum absolute atomic E-state index is 0.185. The van der Waals surface area contributed by atoms with Crippen LogP contribution in [0.2, 0.25) is 0 Å². The molecule has 104 valence electrons. The second-order valence-corrected chi connectivity index (χ2v) is 6.20. The van der Waals surface area contributed by atoms with Crippen LogP contribution < -0.4 is 4.90 Å². The molecule has 1 atom stereocenters. The first-order chi connectivity index (χ1) is 9.15. The minimum Gasteiger partial charge on any atom is -0.366 e. The van der Waals surface area contributed by atoms with Gasteiger partial charge in [0.1, 0.15) is 11.6 Å². The highest BCUT2D eigenvalue weighted by molar-refractivity contribution is 9.10. The fourth-order valence-electron chi connectivity index (χ4n) is 3.13. The van der Waals surface area contributed by atoms with Crippen LogP contribution in [0.4, 0.5) is 14.5 Å². The van der Waals surface area contributed by atoms with Crippen molar-refractivity contribution < 1.29 is 8.78 Å². The van der Waals surface area contributed by atoms with Gasteiger partial charge in [0.15, 0.2) is 0 Å². The molecule has 2 fully saturated rings. The summed E-state index contributed by atoms with van der Waals surface area (Å²) in [4.78, 5) is 4.46. The van der Waals surface area contributed by atoms with Crippen LogP contribution in [0.5, 0.6) is 0 Å². The third kappa shape index (κ3) is 2.63. The van der Waals surface area contributed by atoms with E-state index >= 15 is 0 Å². The van der Waals surface area contributed by atoms with Gasteiger partial charge in [-0.3, -0.25) is 4.90 Å². The second kappa shape index (κ2) is 5.37. The highest BCUT2D eigenvalue weighted by Crippen LogP contribution is 2.29. The van der Waals surface area contributed by atoms with Crippen LogP contribution in [-0.2, 0) is 0 Å². The Kier molecular flexibility index (Phi) is 3.76. The molecule has 0 N–H and O–H groups in total. The zero-order valence-corrected chi connectivity index (χ0v) is 12.3. The van der Waals surface area contributed by atoms with Crippen LogP contribution in [0.1, 0.15) is 19.3 Å². The molecule has 2 aliphatic rings. The molecular weight excluding hydrogens is 314 g/mol. The highest BCUT2D eigenvalue weighted by atomic mass is 79.9. The van der Waals surface area contributed by atoms with Gasteiger partial charge in [-0.25, -0.2) is 8.78 Å². The Labute approximate surface area is 120 Å². The predicted molar refractivity (Wildman–Crippen MR) is 75.5 cm³/mol. The number of halogens is 3. The third-order valence-corrected chi connectivity index (χ3v) is 4.78. The van der Waals surface area contributed by atoms with E-state index in [2.05, 4.69) is 20.8 Å². The number of fused-ring (bicyclic) bond motifs is 1. The monoisotopic (exact) mass is 330 g/mol. The van der Waals surface area contributed by atoms with Crippen molar-refractivity contribution in [2.45, 2.75) is 25.3 Å². The van der Waals surface area contributed by atoms with E-state index in [1.165, 1.54) is 25.0 Å². The van der Waals surface area contributed by atoms with Gasteiger partial charge in [0.2, 0.25) is 0 Å². The molecule has 19 heavy (non-hydrogen) atoms. The molecule has 2 aliphatic heterocycles. The van der Waals surface area contributed by atoms with Crippen molar-refractivity contribution in [3.63, 3.8) is 0 Å². The first kappa shape index (κ1) is 13.3. The van der Waals surface area contributed by atoms with Gasteiger partial charge in [-0.1, -0.05) is 6.42 Å². The number of rotatable bonds is 1. The summed E-state index contributed by atoms with van der Waals surface area (Å²) in [7, 11) is 0. The van der Waals surface area contributed by atoms with E-state index in [1.807, 2.05) is 4.90 Å². The molecule has 0 amide bonds. The summed E-state index contributed by atoms with van der Waals surface area (Å²) in [5.74, 6) is -0.750. The van der Waals surface area contributed by atoms with Gasteiger partial charge in [0.05, 0.1) is 10.2 Å². The smallest absolute Gasteiger partial charge is 0.147 e. The normalized spacial score (nSPS) is 24.4. The number of hydrogen-bond donors (Lipinski definition) is 0. The Bertz CT molecular complexity index is 481. The molecule has 1 aromatic rings. The zero-order valence-electron chi connectivity index (χ0n) is 10.7. The van der Waals surface area contributed by atoms with Crippen molar-refractivity contribution in [2.75, 3.05) is 31.1 Å². The lowest BCUT2D eigenvalue weighted by atomic mass is 9.99. The van der Waals surface area contributed by atoms with Crippen molar-refractivity contribution in [2.24, 2.45) is 0 Å². The molecule has 0 saturated carbocycles. The summed E-state index contributed by atoms with van der Waals surface area (Å²) in [6.07, 6.45) is 3.67. The average molecular weight is 331 g/mol. The number of piperazine rings is 1. The van der Waals surface area contributed by atoms with Gasteiger partial charge in [0, 0.05) is 31.7 Å². The van der Waals surface area contributed by atoms with E-state index in [9.17, 15) is 8.78 Å². The van der Waals surface area contributed by atoms with Crippen LogP contribution in [0.15, 0.2) is 16.6 Å². The lowest BCUT2D eigenvalue weighted by Gasteiger charge is -2.45. The van der Waals surface area contributed by atoms with Gasteiger partial charge in [-0.15, -0.1) is 0 Å². The molecule has 2 saturated heterocycles. The van der Waals surface area contributed by atoms with Crippen LogP contribution in [-0.4, -0.2) is 37.1 Å². The molecule has 5 heteroatoms. The topological polar surface area (TPSA) is 6.48 Å². The fourth-order valence-corrected chi connectivity index (χ4v) is 3.44. The summed E-state index contributed by atoms with van der Waals surface area (Å²) < 4.78 is 27.8. The quantitative estimate of drug-likeness (QED) is 0.728. The average Bonchev–Trinajstić information content (AvgIpc) is 2.42. The van der Waals surface area contributed by atoms with Crippen LogP contribution in [0.25, 0.3) is 0 Å². The molecule has 2 nitrogen and oxygen atoms in total. The van der Waals surface area contributed by atoms with E-state index in [1.54, 1.807) is 0 Å². The Balaban J connectivity index is 1.81. The fraction of sp³-hybridized carbons (Fsp3) is 0.571. The zero-order chi connectivity index (χ0) is 13.4. The van der Waals surface area contributed by atoms with Crippen LogP contribution >= 0.6 is 15.9 Å². The molecule has 1 unspecified atom stereocenters. The van der Waals surface area contributed by atoms with Gasteiger partial charge in [0.25, 0.3) is 0 Å². The highest BCUT2D eigenvalue weighted by Gasteiger charge is 2.30. The van der Waals surface area contributed by atoms with E-state index in [0.717, 1.165) is 32.6 Å². The SMILES string of the molecule is Fc1cc(N2CCN3CCCCC3C2)c(F)cc1Br. The van der Waals surface area contributed by atoms with Crippen molar-refractivity contribution in [1.29, 1.82) is 0 Å². The first-order valence-electron chi connectivity index (χ1n) is 6.78. The molecule has 0 aliphatic carbocycles. The lowest BCUT2D eigenvalue weighted by Crippen LogP contribution is -2.55. The number of nitrogens with zero attached hydrogens (tertiary/aromatic N) is 2. The summed E-state index contributed by atoms with van der Waals surface area (Å²) in [6, 6.07) is 3.02. The van der Waals surface area contributed by atoms with Crippen LogP contribution in [0.3, 0.4) is 0 Å². The summed E-state index contributed by atoms with van der Waals surface area (Å²) in [6.45, 7) is 3.67. The molecule has 0 bridgehead atoms. The van der Waals surface area contributed by atoms with E-state index in [4.69, 9.17) is 0 Å². The van der Waals surface area contributed by atoms with E-state index in [0.29, 0.717) is 11.7 Å². The van der Waals surface area contributed by atoms with Crippen LogP contribution in [0, 0.1) is 11.6 Å². The Morgan fingerprint density at radius 1 is 1.05 bits per heavy atom. The molecular formula is C14H17BrF2N2. The van der Waals surface area contributed by atoms with Gasteiger partial charge < -0.3 is 4.90 Å². The molecule has 0 aromatic heterocycles. The number of anilines is 1. The Hall–Kier alpha value is -0.680. The predicted octanol–water partition coefficient (Wildman–Crippen LogP) is 3.40. The van der Waals surface area contributed by atoms with Gasteiger partial charge >= 0.3 is 0 Å². The molecule has 1 aromatic carbocycles. The maximum atomic E-state index is 14.0. The van der Waals surface area contributed by atoms with Crippen molar-refractivity contribution >= 4 is 21.6 Å². The lowest BCUT2D eigenvalue weighted by molar-refractivity contribution is 0.133. The van der Waals surface area contributed by atoms with E-state index in [-0.39, 0.29) is 10.3 Å². The molecule has 3 rings (SSSR count). The molecule has 0 radical (unpaired) electrons. The Morgan fingerprint density at radius 3 is 2.74 bits per heavy atom. The van der Waals surface area contributed by atoms with Crippen molar-refractivity contribution in [3.8, 4) is 0 Å². The Morgan fingerprint density at radius 2 is 1.89 bits per heavy atom. The van der Waals surface area contributed by atoms with Crippen molar-refractivity contribution in [1.82, 2.24) is 4.90 Å². The van der Waals surface area contributed by atoms with Gasteiger partial charge in [-0.05, 0) is 41.4 Å². The largest absolute Gasteiger partial charge is 0.366 e. The maximum Gasteiger partial charge on any atom is 0.147 e. The summed E-state index contributed by atoms with van der Waals surface area (Å²) in [5.41, 5.74) is 0.394. The standard InChI is InChI=1S/C14H17BrF2N2/c15-11-7-13(17)14(8-12(11)16)19-6-5-18-4-2-1-3-10(18)9-19/h7-8,10H,1-6,9H2. The van der Waals surface area contributed by atoms with Crippen molar-refractivity contribution in [3.05, 3.63) is 28.2 Å². The number of piperidine rings is 1. The summed E-state index contributed by atoms with van der Waals surface area (Å²) in [5, 5.41) is 0. The first-order valence-corrected chi connectivity index (χ1v) is 7.58. The van der Waals surface area contributed by atoms with Gasteiger partial charge in [-0.2, -0.15) is 0 Å². The number of benzene rings is 1. The van der Waals surface area contributed by atoms with E-state index < -0.39 is 5.82 Å². The molecule has 2 heterocycles. The number of hydrogen-bond acceptors (Lipinski definition) is 2. The molecule has 0 spiro atoms. The second-order valence-electron chi connectivity index (χ2n) is 5.35. The minimum atomic E-state index is -0.400.